The van der Waals surface area contributed by atoms with E-state index in [9.17, 15) is 5.11 Å². The van der Waals surface area contributed by atoms with Crippen LogP contribution in [0.5, 0.6) is 5.75 Å². The van der Waals surface area contributed by atoms with E-state index in [-0.39, 0.29) is 17.9 Å². The highest BCUT2D eigenvalue weighted by molar-refractivity contribution is 5.78. The van der Waals surface area contributed by atoms with Crippen LogP contribution in [0.4, 0.5) is 5.82 Å². The van der Waals surface area contributed by atoms with Crippen molar-refractivity contribution in [3.8, 4) is 28.1 Å². The van der Waals surface area contributed by atoms with Crippen LogP contribution in [0.3, 0.4) is 0 Å². The Morgan fingerprint density at radius 2 is 2.00 bits per heavy atom. The maximum absolute atomic E-state index is 10.1. The van der Waals surface area contributed by atoms with Gasteiger partial charge in [0, 0.05) is 36.0 Å². The van der Waals surface area contributed by atoms with Gasteiger partial charge in [0.05, 0.1) is 24.0 Å². The second-order valence-corrected chi connectivity index (χ2v) is 6.22. The fourth-order valence-corrected chi connectivity index (χ4v) is 2.94. The third kappa shape index (κ3) is 3.91. The van der Waals surface area contributed by atoms with Gasteiger partial charge in [-0.05, 0) is 32.0 Å². The summed E-state index contributed by atoms with van der Waals surface area (Å²) in [5, 5.41) is 22.6. The molecule has 0 radical (unpaired) electrons. The first-order valence-corrected chi connectivity index (χ1v) is 8.82. The van der Waals surface area contributed by atoms with Crippen molar-refractivity contribution >= 4 is 5.82 Å². The number of phenols is 1. The quantitative estimate of drug-likeness (QED) is 0.584. The number of rotatable bonds is 7. The minimum absolute atomic E-state index is 0.0302. The number of hydrogen-bond donors (Lipinski definition) is 3. The lowest BCUT2D eigenvalue weighted by molar-refractivity contribution is 0.0321. The van der Waals surface area contributed by atoms with Gasteiger partial charge in [-0.1, -0.05) is 12.1 Å². The van der Waals surface area contributed by atoms with E-state index in [2.05, 4.69) is 15.3 Å². The number of hydrogen-bond acceptors (Lipinski definition) is 7. The SMILES string of the molecule is CCO[C@H](CN)C(C)n1cc(-c2cc(-c3ccccc3O)nnc2N)cn1. The molecule has 0 aliphatic rings. The Morgan fingerprint density at radius 3 is 2.70 bits per heavy atom. The standard InChI is InChI=1S/C19H24N6O2/c1-3-27-18(9-20)12(2)25-11-13(10-22-25)15-8-16(23-24-19(15)21)14-6-4-5-7-17(14)26/h4-8,10-12,18,26H,3,9,20H2,1-2H3,(H2,21,24)/t12?,18-/m1/s1. The van der Waals surface area contributed by atoms with E-state index in [0.717, 1.165) is 5.56 Å². The summed E-state index contributed by atoms with van der Waals surface area (Å²) in [6.07, 6.45) is 3.47. The van der Waals surface area contributed by atoms with E-state index in [0.29, 0.717) is 35.8 Å². The summed E-state index contributed by atoms with van der Waals surface area (Å²) in [5.74, 6) is 0.427. The second kappa shape index (κ2) is 8.15. The Kier molecular flexibility index (Phi) is 5.68. The molecule has 0 fully saturated rings. The van der Waals surface area contributed by atoms with Gasteiger partial charge in [0.2, 0.25) is 0 Å². The number of nitrogens with zero attached hydrogens (tertiary/aromatic N) is 4. The number of nitrogens with two attached hydrogens (primary N) is 2. The molecule has 2 aromatic heterocycles. The van der Waals surface area contributed by atoms with Crippen molar-refractivity contribution in [3.63, 3.8) is 0 Å². The second-order valence-electron chi connectivity index (χ2n) is 6.22. The van der Waals surface area contributed by atoms with Gasteiger partial charge >= 0.3 is 0 Å². The highest BCUT2D eigenvalue weighted by Crippen LogP contribution is 2.32. The maximum Gasteiger partial charge on any atom is 0.154 e. The third-order valence-corrected chi connectivity index (χ3v) is 4.48. The zero-order chi connectivity index (χ0) is 19.4. The summed E-state index contributed by atoms with van der Waals surface area (Å²) in [6.45, 7) is 4.94. The molecule has 0 saturated carbocycles. The molecular formula is C19H24N6O2. The van der Waals surface area contributed by atoms with Crippen LogP contribution < -0.4 is 11.5 Å². The van der Waals surface area contributed by atoms with Gasteiger partial charge in [-0.15, -0.1) is 10.2 Å². The molecule has 0 amide bonds. The molecule has 27 heavy (non-hydrogen) atoms. The lowest BCUT2D eigenvalue weighted by atomic mass is 10.1. The Bertz CT molecular complexity index is 911. The largest absolute Gasteiger partial charge is 0.507 e. The molecule has 1 aromatic carbocycles. The average molecular weight is 368 g/mol. The summed E-state index contributed by atoms with van der Waals surface area (Å²) < 4.78 is 7.48. The van der Waals surface area contributed by atoms with Crippen LogP contribution >= 0.6 is 0 Å². The smallest absolute Gasteiger partial charge is 0.154 e. The summed E-state index contributed by atoms with van der Waals surface area (Å²) in [6, 6.07) is 8.73. The number of benzene rings is 1. The van der Waals surface area contributed by atoms with Crippen LogP contribution in [0.1, 0.15) is 19.9 Å². The van der Waals surface area contributed by atoms with Crippen LogP contribution in [0.25, 0.3) is 22.4 Å². The average Bonchev–Trinajstić information content (AvgIpc) is 3.16. The normalized spacial score (nSPS) is 13.4. The Balaban J connectivity index is 1.95. The van der Waals surface area contributed by atoms with E-state index in [1.807, 2.05) is 30.8 Å². The van der Waals surface area contributed by atoms with Crippen LogP contribution in [-0.2, 0) is 4.74 Å². The molecule has 8 heteroatoms. The fraction of sp³-hybridized carbons (Fsp3) is 0.316. The van der Waals surface area contributed by atoms with E-state index in [1.54, 1.807) is 30.5 Å². The van der Waals surface area contributed by atoms with E-state index < -0.39 is 0 Å². The molecule has 2 heterocycles. The van der Waals surface area contributed by atoms with E-state index >= 15 is 0 Å². The summed E-state index contributed by atoms with van der Waals surface area (Å²) in [5.41, 5.74) is 14.5. The zero-order valence-electron chi connectivity index (χ0n) is 15.4. The summed E-state index contributed by atoms with van der Waals surface area (Å²) in [4.78, 5) is 0. The predicted molar refractivity (Wildman–Crippen MR) is 104 cm³/mol. The van der Waals surface area contributed by atoms with Gasteiger partial charge in [-0.2, -0.15) is 5.10 Å². The van der Waals surface area contributed by atoms with Crippen molar-refractivity contribution in [1.29, 1.82) is 0 Å². The van der Waals surface area contributed by atoms with Crippen molar-refractivity contribution in [3.05, 3.63) is 42.7 Å². The summed E-state index contributed by atoms with van der Waals surface area (Å²) in [7, 11) is 0. The molecule has 0 saturated heterocycles. The number of aromatic hydroxyl groups is 1. The molecule has 3 aromatic rings. The molecular weight excluding hydrogens is 344 g/mol. The number of nitrogen functional groups attached to an aromatic ring is 1. The number of para-hydroxylation sites is 1. The number of anilines is 1. The van der Waals surface area contributed by atoms with E-state index in [1.165, 1.54) is 0 Å². The Morgan fingerprint density at radius 1 is 1.22 bits per heavy atom. The highest BCUT2D eigenvalue weighted by Gasteiger charge is 2.20. The lowest BCUT2D eigenvalue weighted by Gasteiger charge is -2.22. The molecule has 0 aliphatic heterocycles. The number of ether oxygens (including phenoxy) is 1. The van der Waals surface area contributed by atoms with Crippen LogP contribution in [0, 0.1) is 0 Å². The van der Waals surface area contributed by atoms with Gasteiger partial charge in [-0.25, -0.2) is 0 Å². The molecule has 1 unspecified atom stereocenters. The Hall–Kier alpha value is -2.97. The first kappa shape index (κ1) is 18.8. The zero-order valence-corrected chi connectivity index (χ0v) is 15.4. The predicted octanol–water partition coefficient (Wildman–Crippen LogP) is 2.22. The monoisotopic (exact) mass is 368 g/mol. The topological polar surface area (TPSA) is 125 Å². The van der Waals surface area contributed by atoms with Gasteiger partial charge in [0.15, 0.2) is 5.82 Å². The number of phenolic OH excluding ortho intramolecular Hbond substituents is 1. The first-order valence-electron chi connectivity index (χ1n) is 8.82. The third-order valence-electron chi connectivity index (χ3n) is 4.48. The van der Waals surface area contributed by atoms with Crippen LogP contribution in [0.2, 0.25) is 0 Å². The molecule has 0 aliphatic carbocycles. The minimum Gasteiger partial charge on any atom is -0.507 e. The highest BCUT2D eigenvalue weighted by atomic mass is 16.5. The molecule has 0 bridgehead atoms. The van der Waals surface area contributed by atoms with Crippen LogP contribution in [-0.4, -0.2) is 44.3 Å². The minimum atomic E-state index is -0.132. The molecule has 8 nitrogen and oxygen atoms in total. The maximum atomic E-state index is 10.1. The van der Waals surface area contributed by atoms with Crippen molar-refractivity contribution < 1.29 is 9.84 Å². The van der Waals surface area contributed by atoms with Gasteiger partial charge in [0.25, 0.3) is 0 Å². The van der Waals surface area contributed by atoms with Gasteiger partial charge in [0.1, 0.15) is 5.75 Å². The molecule has 3 rings (SSSR count). The van der Waals surface area contributed by atoms with Crippen LogP contribution in [0.15, 0.2) is 42.7 Å². The van der Waals surface area contributed by atoms with Gasteiger partial charge in [-0.3, -0.25) is 4.68 Å². The van der Waals surface area contributed by atoms with Crippen molar-refractivity contribution in [2.24, 2.45) is 5.73 Å². The van der Waals surface area contributed by atoms with E-state index in [4.69, 9.17) is 16.2 Å². The number of aromatic nitrogens is 4. The fourth-order valence-electron chi connectivity index (χ4n) is 2.94. The molecule has 5 N–H and O–H groups in total. The molecule has 2 atom stereocenters. The van der Waals surface area contributed by atoms with Gasteiger partial charge < -0.3 is 21.3 Å². The van der Waals surface area contributed by atoms with Crippen molar-refractivity contribution in [2.75, 3.05) is 18.9 Å². The van der Waals surface area contributed by atoms with Crippen molar-refractivity contribution in [1.82, 2.24) is 20.0 Å². The van der Waals surface area contributed by atoms with Crippen molar-refractivity contribution in [2.45, 2.75) is 26.0 Å². The first-order chi connectivity index (χ1) is 13.0. The lowest BCUT2D eigenvalue weighted by Crippen LogP contribution is -2.32. The molecule has 0 spiro atoms. The molecule has 142 valence electrons. The summed E-state index contributed by atoms with van der Waals surface area (Å²) >= 11 is 0. The Labute approximate surface area is 157 Å².